The van der Waals surface area contributed by atoms with Gasteiger partial charge in [0.25, 0.3) is 5.91 Å². The van der Waals surface area contributed by atoms with E-state index in [1.807, 2.05) is 6.92 Å². The quantitative estimate of drug-likeness (QED) is 0.823. The molecule has 2 aromatic carbocycles. The number of hydrogen-bond donors (Lipinski definition) is 1. The highest BCUT2D eigenvalue weighted by Crippen LogP contribution is 2.24. The highest BCUT2D eigenvalue weighted by Gasteiger charge is 2.17. The molecule has 5 heteroatoms. The lowest BCUT2D eigenvalue weighted by Crippen LogP contribution is -2.34. The lowest BCUT2D eigenvalue weighted by molar-refractivity contribution is -0.123. The molecule has 2 atom stereocenters. The monoisotopic (exact) mass is 370 g/mol. The van der Waals surface area contributed by atoms with Gasteiger partial charge in [-0.05, 0) is 67.6 Å². The molecule has 1 fully saturated rings. The summed E-state index contributed by atoms with van der Waals surface area (Å²) in [4.78, 5) is 14.5. The summed E-state index contributed by atoms with van der Waals surface area (Å²) in [6.07, 6.45) is 2.54. The molecule has 0 aliphatic carbocycles. The Morgan fingerprint density at radius 2 is 1.93 bits per heavy atom. The van der Waals surface area contributed by atoms with Gasteiger partial charge >= 0.3 is 0 Å². The molecule has 0 unspecified atom stereocenters. The fraction of sp³-hybridized carbons (Fsp3) is 0.409. The molecular formula is C22H27FN2O2. The molecule has 1 N–H and O–H groups in total. The molecule has 1 aliphatic rings. The van der Waals surface area contributed by atoms with Crippen molar-refractivity contribution >= 4 is 11.6 Å². The summed E-state index contributed by atoms with van der Waals surface area (Å²) in [5.74, 6) is 0.667. The molecule has 1 aliphatic heterocycles. The Kier molecular flexibility index (Phi) is 6.32. The Balaban J connectivity index is 1.50. The van der Waals surface area contributed by atoms with E-state index in [1.165, 1.54) is 42.8 Å². The average Bonchev–Trinajstić information content (AvgIpc) is 2.67. The van der Waals surface area contributed by atoms with Crippen LogP contribution in [0.1, 0.15) is 38.3 Å². The van der Waals surface area contributed by atoms with Crippen molar-refractivity contribution in [2.24, 2.45) is 5.92 Å². The van der Waals surface area contributed by atoms with Gasteiger partial charge in [-0.1, -0.05) is 19.1 Å². The first-order valence-electron chi connectivity index (χ1n) is 9.54. The summed E-state index contributed by atoms with van der Waals surface area (Å²) in [6, 6.07) is 13.9. The van der Waals surface area contributed by atoms with Crippen LogP contribution in [-0.2, 0) is 4.79 Å². The van der Waals surface area contributed by atoms with E-state index in [2.05, 4.69) is 41.4 Å². The Bertz CT molecular complexity index is 746. The zero-order valence-electron chi connectivity index (χ0n) is 16.0. The maximum atomic E-state index is 12.9. The first-order chi connectivity index (χ1) is 13.0. The second-order valence-electron chi connectivity index (χ2n) is 7.32. The van der Waals surface area contributed by atoms with Crippen LogP contribution in [-0.4, -0.2) is 25.6 Å². The van der Waals surface area contributed by atoms with Gasteiger partial charge in [0.2, 0.25) is 0 Å². The lowest BCUT2D eigenvalue weighted by atomic mass is 9.99. The molecule has 3 rings (SSSR count). The van der Waals surface area contributed by atoms with Gasteiger partial charge in [0.1, 0.15) is 11.6 Å². The van der Waals surface area contributed by atoms with Crippen LogP contribution < -0.4 is 15.0 Å². The number of ether oxygens (including phenoxy) is 1. The predicted molar refractivity (Wildman–Crippen MR) is 106 cm³/mol. The number of hydrogen-bond acceptors (Lipinski definition) is 3. The first-order valence-corrected chi connectivity index (χ1v) is 9.54. The minimum absolute atomic E-state index is 0.0975. The standard InChI is InChI=1S/C22H27FN2O2/c1-16-4-3-13-25(14-16)20-9-5-18(6-10-20)17(2)24-22(26)15-27-21-11-7-19(23)8-12-21/h5-12,16-17H,3-4,13-15H2,1-2H3,(H,24,26)/t16-,17-/m1/s1. The van der Waals surface area contributed by atoms with Gasteiger partial charge in [-0.2, -0.15) is 0 Å². The van der Waals surface area contributed by atoms with Crippen molar-refractivity contribution in [3.8, 4) is 5.75 Å². The van der Waals surface area contributed by atoms with E-state index in [-0.39, 0.29) is 24.4 Å². The van der Waals surface area contributed by atoms with Crippen LogP contribution in [0.2, 0.25) is 0 Å². The van der Waals surface area contributed by atoms with Gasteiger partial charge in [0.15, 0.2) is 6.61 Å². The highest BCUT2D eigenvalue weighted by molar-refractivity contribution is 5.78. The molecule has 0 saturated carbocycles. The van der Waals surface area contributed by atoms with E-state index in [0.717, 1.165) is 24.6 Å². The van der Waals surface area contributed by atoms with Crippen LogP contribution in [0.4, 0.5) is 10.1 Å². The largest absolute Gasteiger partial charge is 0.484 e. The van der Waals surface area contributed by atoms with E-state index >= 15 is 0 Å². The van der Waals surface area contributed by atoms with Gasteiger partial charge in [0.05, 0.1) is 6.04 Å². The fourth-order valence-electron chi connectivity index (χ4n) is 3.44. The lowest BCUT2D eigenvalue weighted by Gasteiger charge is -2.33. The van der Waals surface area contributed by atoms with Crippen molar-refractivity contribution in [2.75, 3.05) is 24.6 Å². The van der Waals surface area contributed by atoms with Crippen molar-refractivity contribution in [3.63, 3.8) is 0 Å². The number of nitrogens with one attached hydrogen (secondary N) is 1. The first kappa shape index (κ1) is 19.2. The van der Waals surface area contributed by atoms with Crippen LogP contribution in [0.5, 0.6) is 5.75 Å². The molecule has 1 heterocycles. The number of nitrogens with zero attached hydrogens (tertiary/aromatic N) is 1. The number of rotatable bonds is 6. The van der Waals surface area contributed by atoms with Crippen LogP contribution in [0.25, 0.3) is 0 Å². The SMILES string of the molecule is C[C@@H]1CCCN(c2ccc([C@@H](C)NC(=O)COc3ccc(F)cc3)cc2)C1. The third-order valence-corrected chi connectivity index (χ3v) is 4.98. The second-order valence-corrected chi connectivity index (χ2v) is 7.32. The Hall–Kier alpha value is -2.56. The number of halogens is 1. The Labute approximate surface area is 160 Å². The summed E-state index contributed by atoms with van der Waals surface area (Å²) in [5, 5.41) is 2.93. The minimum atomic E-state index is -0.331. The smallest absolute Gasteiger partial charge is 0.258 e. The summed E-state index contributed by atoms with van der Waals surface area (Å²) in [7, 11) is 0. The fourth-order valence-corrected chi connectivity index (χ4v) is 3.44. The second kappa shape index (κ2) is 8.89. The van der Waals surface area contributed by atoms with Crippen molar-refractivity contribution in [2.45, 2.75) is 32.7 Å². The average molecular weight is 370 g/mol. The van der Waals surface area contributed by atoms with Crippen LogP contribution in [0.15, 0.2) is 48.5 Å². The number of carbonyl (C=O) groups excluding carboxylic acids is 1. The van der Waals surface area contributed by atoms with Crippen molar-refractivity contribution in [1.82, 2.24) is 5.32 Å². The van der Waals surface area contributed by atoms with E-state index < -0.39 is 0 Å². The molecule has 144 valence electrons. The molecule has 1 amide bonds. The third-order valence-electron chi connectivity index (χ3n) is 4.98. The maximum absolute atomic E-state index is 12.9. The number of amides is 1. The van der Waals surface area contributed by atoms with Crippen LogP contribution in [0, 0.1) is 11.7 Å². The number of anilines is 1. The van der Waals surface area contributed by atoms with E-state index in [4.69, 9.17) is 4.74 Å². The van der Waals surface area contributed by atoms with Gasteiger partial charge in [0, 0.05) is 18.8 Å². The van der Waals surface area contributed by atoms with Crippen molar-refractivity contribution < 1.29 is 13.9 Å². The maximum Gasteiger partial charge on any atom is 0.258 e. The Morgan fingerprint density at radius 3 is 2.59 bits per heavy atom. The van der Waals surface area contributed by atoms with Crippen molar-refractivity contribution in [1.29, 1.82) is 0 Å². The molecule has 0 bridgehead atoms. The molecule has 1 saturated heterocycles. The molecule has 4 nitrogen and oxygen atoms in total. The molecule has 0 radical (unpaired) electrons. The van der Waals surface area contributed by atoms with Gasteiger partial charge < -0.3 is 15.0 Å². The van der Waals surface area contributed by atoms with E-state index in [1.54, 1.807) is 0 Å². The summed E-state index contributed by atoms with van der Waals surface area (Å²) >= 11 is 0. The van der Waals surface area contributed by atoms with Gasteiger partial charge in [-0.25, -0.2) is 4.39 Å². The number of benzene rings is 2. The van der Waals surface area contributed by atoms with Gasteiger partial charge in [-0.3, -0.25) is 4.79 Å². The van der Waals surface area contributed by atoms with Crippen LogP contribution >= 0.6 is 0 Å². The van der Waals surface area contributed by atoms with Crippen LogP contribution in [0.3, 0.4) is 0 Å². The van der Waals surface area contributed by atoms with E-state index in [9.17, 15) is 9.18 Å². The predicted octanol–water partition coefficient (Wildman–Crippen LogP) is 4.32. The summed E-state index contributed by atoms with van der Waals surface area (Å²) in [6.45, 7) is 6.36. The Morgan fingerprint density at radius 1 is 1.22 bits per heavy atom. The zero-order valence-corrected chi connectivity index (χ0v) is 16.0. The van der Waals surface area contributed by atoms with Gasteiger partial charge in [-0.15, -0.1) is 0 Å². The highest BCUT2D eigenvalue weighted by atomic mass is 19.1. The third kappa shape index (κ3) is 5.46. The normalized spacial score (nSPS) is 18.0. The molecule has 0 spiro atoms. The molecule has 2 aromatic rings. The van der Waals surface area contributed by atoms with E-state index in [0.29, 0.717) is 5.75 Å². The number of piperidine rings is 1. The number of carbonyl (C=O) groups is 1. The molecule has 27 heavy (non-hydrogen) atoms. The minimum Gasteiger partial charge on any atom is -0.484 e. The molecular weight excluding hydrogens is 343 g/mol. The zero-order chi connectivity index (χ0) is 19.2. The topological polar surface area (TPSA) is 41.6 Å². The summed E-state index contributed by atoms with van der Waals surface area (Å²) in [5.41, 5.74) is 2.29. The van der Waals surface area contributed by atoms with Crippen molar-refractivity contribution in [3.05, 3.63) is 59.9 Å². The summed E-state index contributed by atoms with van der Waals surface area (Å²) < 4.78 is 18.3. The molecule has 0 aromatic heterocycles.